The monoisotopic (exact) mass is 441 g/mol. The lowest BCUT2D eigenvalue weighted by molar-refractivity contribution is -0.123. The highest BCUT2D eigenvalue weighted by atomic mass is 16.5. The number of para-hydroxylation sites is 3. The normalized spacial score (nSPS) is 12.9. The molecule has 1 N–H and O–H groups in total. The third-order valence-electron chi connectivity index (χ3n) is 6.06. The van der Waals surface area contributed by atoms with Gasteiger partial charge in [-0.1, -0.05) is 68.4 Å². The third-order valence-corrected chi connectivity index (χ3v) is 6.06. The van der Waals surface area contributed by atoms with Gasteiger partial charge in [0.2, 0.25) is 0 Å². The third kappa shape index (κ3) is 5.43. The molecule has 0 saturated carbocycles. The number of hydrogen-bond acceptors (Lipinski definition) is 3. The van der Waals surface area contributed by atoms with Crippen molar-refractivity contribution in [2.24, 2.45) is 0 Å². The van der Waals surface area contributed by atoms with Gasteiger partial charge in [0.1, 0.15) is 11.6 Å². The molecule has 2 atom stereocenters. The summed E-state index contributed by atoms with van der Waals surface area (Å²) in [6.07, 6.45) is 1.13. The van der Waals surface area contributed by atoms with Gasteiger partial charge in [0.05, 0.1) is 17.1 Å². The van der Waals surface area contributed by atoms with Crippen LogP contribution in [0.3, 0.4) is 0 Å². The van der Waals surface area contributed by atoms with Gasteiger partial charge in [0.25, 0.3) is 5.91 Å². The van der Waals surface area contributed by atoms with Crippen LogP contribution in [0.4, 0.5) is 0 Å². The lowest BCUT2D eigenvalue weighted by atomic mass is 9.97. The molecule has 1 amide bonds. The van der Waals surface area contributed by atoms with Crippen LogP contribution in [-0.4, -0.2) is 22.1 Å². The summed E-state index contributed by atoms with van der Waals surface area (Å²) in [5.74, 6) is 1.88. The van der Waals surface area contributed by atoms with E-state index >= 15 is 0 Å². The Bertz CT molecular complexity index is 1200. The highest BCUT2D eigenvalue weighted by molar-refractivity contribution is 5.79. The average molecular weight is 442 g/mol. The SMILES string of the molecule is CCC(C)c1ccc(Cn2c(C(C)NC(=O)COc3ccccc3)nc3ccccc32)cc1. The van der Waals surface area contributed by atoms with Crippen LogP contribution in [0.25, 0.3) is 11.0 Å². The van der Waals surface area contributed by atoms with Gasteiger partial charge in [-0.05, 0) is 54.7 Å². The zero-order valence-electron chi connectivity index (χ0n) is 19.5. The second-order valence-corrected chi connectivity index (χ2v) is 8.49. The van der Waals surface area contributed by atoms with E-state index in [1.807, 2.05) is 55.5 Å². The largest absolute Gasteiger partial charge is 0.484 e. The van der Waals surface area contributed by atoms with Crippen LogP contribution in [0.15, 0.2) is 78.9 Å². The van der Waals surface area contributed by atoms with E-state index in [1.165, 1.54) is 11.1 Å². The summed E-state index contributed by atoms with van der Waals surface area (Å²) < 4.78 is 7.78. The van der Waals surface area contributed by atoms with Gasteiger partial charge in [-0.3, -0.25) is 4.79 Å². The smallest absolute Gasteiger partial charge is 0.258 e. The van der Waals surface area contributed by atoms with E-state index in [-0.39, 0.29) is 18.6 Å². The van der Waals surface area contributed by atoms with Gasteiger partial charge in [0.15, 0.2) is 6.61 Å². The zero-order chi connectivity index (χ0) is 23.2. The van der Waals surface area contributed by atoms with Crippen molar-refractivity contribution in [3.63, 3.8) is 0 Å². The van der Waals surface area contributed by atoms with Crippen molar-refractivity contribution in [3.05, 3.63) is 95.8 Å². The summed E-state index contributed by atoms with van der Waals surface area (Å²) in [4.78, 5) is 17.4. The topological polar surface area (TPSA) is 56.2 Å². The molecule has 33 heavy (non-hydrogen) atoms. The number of imidazole rings is 1. The Hall–Kier alpha value is -3.60. The van der Waals surface area contributed by atoms with Crippen molar-refractivity contribution in [3.8, 4) is 5.75 Å². The maximum absolute atomic E-state index is 12.5. The van der Waals surface area contributed by atoms with E-state index < -0.39 is 0 Å². The first-order chi connectivity index (χ1) is 16.0. The number of aromatic nitrogens is 2. The number of nitrogens with one attached hydrogen (secondary N) is 1. The number of amides is 1. The molecule has 0 fully saturated rings. The predicted octanol–water partition coefficient (Wildman–Crippen LogP) is 5.85. The Kier molecular flexibility index (Phi) is 7.08. The van der Waals surface area contributed by atoms with Crippen LogP contribution in [0.2, 0.25) is 0 Å². The number of rotatable bonds is 9. The first-order valence-corrected chi connectivity index (χ1v) is 11.6. The lowest BCUT2D eigenvalue weighted by Gasteiger charge is -2.17. The number of hydrogen-bond donors (Lipinski definition) is 1. The number of carbonyl (C=O) groups is 1. The molecule has 0 bridgehead atoms. The Morgan fingerprint density at radius 3 is 2.39 bits per heavy atom. The lowest BCUT2D eigenvalue weighted by Crippen LogP contribution is -2.32. The summed E-state index contributed by atoms with van der Waals surface area (Å²) in [7, 11) is 0. The summed E-state index contributed by atoms with van der Waals surface area (Å²) in [5, 5.41) is 3.04. The second kappa shape index (κ2) is 10.3. The van der Waals surface area contributed by atoms with E-state index in [0.717, 1.165) is 23.3 Å². The number of carbonyl (C=O) groups excluding carboxylic acids is 1. The molecular formula is C28H31N3O2. The molecule has 0 aliphatic heterocycles. The van der Waals surface area contributed by atoms with Gasteiger partial charge in [-0.25, -0.2) is 4.98 Å². The van der Waals surface area contributed by atoms with E-state index in [9.17, 15) is 4.79 Å². The van der Waals surface area contributed by atoms with Crippen molar-refractivity contribution in [1.82, 2.24) is 14.9 Å². The fourth-order valence-electron chi connectivity index (χ4n) is 3.97. The molecule has 0 saturated heterocycles. The van der Waals surface area contributed by atoms with Gasteiger partial charge in [-0.15, -0.1) is 0 Å². The highest BCUT2D eigenvalue weighted by Crippen LogP contribution is 2.24. The molecule has 2 unspecified atom stereocenters. The van der Waals surface area contributed by atoms with Crippen LogP contribution in [0.1, 0.15) is 56.1 Å². The molecule has 4 rings (SSSR count). The van der Waals surface area contributed by atoms with Crippen LogP contribution >= 0.6 is 0 Å². The molecular weight excluding hydrogens is 410 g/mol. The van der Waals surface area contributed by atoms with Crippen LogP contribution in [0, 0.1) is 0 Å². The molecule has 0 spiro atoms. The molecule has 0 aliphatic rings. The standard InChI is InChI=1S/C28H31N3O2/c1-4-20(2)23-16-14-22(15-17-23)18-31-26-13-9-8-12-25(26)30-28(31)21(3)29-27(32)19-33-24-10-6-5-7-11-24/h5-17,20-21H,4,18-19H2,1-3H3,(H,29,32). The fourth-order valence-corrected chi connectivity index (χ4v) is 3.97. The molecule has 5 nitrogen and oxygen atoms in total. The summed E-state index contributed by atoms with van der Waals surface area (Å²) in [5.41, 5.74) is 4.54. The minimum Gasteiger partial charge on any atom is -0.484 e. The van der Waals surface area contributed by atoms with Crippen LogP contribution in [-0.2, 0) is 11.3 Å². The first kappa shape index (κ1) is 22.6. The number of ether oxygens (including phenoxy) is 1. The van der Waals surface area contributed by atoms with Crippen LogP contribution < -0.4 is 10.1 Å². The van der Waals surface area contributed by atoms with Crippen molar-refractivity contribution < 1.29 is 9.53 Å². The molecule has 0 radical (unpaired) electrons. The minimum absolute atomic E-state index is 0.0361. The van der Waals surface area contributed by atoms with Gasteiger partial charge >= 0.3 is 0 Å². The van der Waals surface area contributed by atoms with Crippen molar-refractivity contribution in [2.45, 2.75) is 45.7 Å². The Morgan fingerprint density at radius 2 is 1.67 bits per heavy atom. The van der Waals surface area contributed by atoms with Gasteiger partial charge in [-0.2, -0.15) is 0 Å². The molecule has 3 aromatic carbocycles. The quantitative estimate of drug-likeness (QED) is 0.354. The number of benzene rings is 3. The molecule has 1 heterocycles. The van der Waals surface area contributed by atoms with E-state index in [4.69, 9.17) is 9.72 Å². The highest BCUT2D eigenvalue weighted by Gasteiger charge is 2.19. The predicted molar refractivity (Wildman–Crippen MR) is 132 cm³/mol. The molecule has 1 aromatic heterocycles. The Balaban J connectivity index is 1.52. The summed E-state index contributed by atoms with van der Waals surface area (Å²) in [6, 6.07) is 26.0. The van der Waals surface area contributed by atoms with Crippen LogP contribution in [0.5, 0.6) is 5.75 Å². The van der Waals surface area contributed by atoms with E-state index in [0.29, 0.717) is 18.2 Å². The summed E-state index contributed by atoms with van der Waals surface area (Å²) in [6.45, 7) is 7.08. The van der Waals surface area contributed by atoms with Crippen molar-refractivity contribution in [2.75, 3.05) is 6.61 Å². The summed E-state index contributed by atoms with van der Waals surface area (Å²) >= 11 is 0. The molecule has 0 aliphatic carbocycles. The number of fused-ring (bicyclic) bond motifs is 1. The average Bonchev–Trinajstić information content (AvgIpc) is 3.22. The fraction of sp³-hybridized carbons (Fsp3) is 0.286. The first-order valence-electron chi connectivity index (χ1n) is 11.6. The van der Waals surface area contributed by atoms with E-state index in [2.05, 4.69) is 54.1 Å². The van der Waals surface area contributed by atoms with Gasteiger partial charge < -0.3 is 14.6 Å². The maximum Gasteiger partial charge on any atom is 0.258 e. The zero-order valence-corrected chi connectivity index (χ0v) is 19.5. The van der Waals surface area contributed by atoms with E-state index in [1.54, 1.807) is 0 Å². The molecule has 170 valence electrons. The minimum atomic E-state index is -0.260. The number of nitrogens with zero attached hydrogens (tertiary/aromatic N) is 2. The Morgan fingerprint density at radius 1 is 0.970 bits per heavy atom. The van der Waals surface area contributed by atoms with Crippen molar-refractivity contribution in [1.29, 1.82) is 0 Å². The molecule has 4 aromatic rings. The van der Waals surface area contributed by atoms with Gasteiger partial charge in [0, 0.05) is 6.54 Å². The Labute approximate surface area is 195 Å². The molecule has 5 heteroatoms. The maximum atomic E-state index is 12.5. The second-order valence-electron chi connectivity index (χ2n) is 8.49. The van der Waals surface area contributed by atoms with Crippen molar-refractivity contribution >= 4 is 16.9 Å².